The number of hydrogen-bond acceptors (Lipinski definition) is 4. The first-order chi connectivity index (χ1) is 11.2. The Morgan fingerprint density at radius 2 is 1.96 bits per heavy atom. The van der Waals surface area contributed by atoms with Crippen LogP contribution >= 0.6 is 0 Å². The summed E-state index contributed by atoms with van der Waals surface area (Å²) in [6.07, 6.45) is 1.45. The van der Waals surface area contributed by atoms with Gasteiger partial charge in [0.2, 0.25) is 0 Å². The number of halogens is 1. The van der Waals surface area contributed by atoms with Crippen LogP contribution in [0.4, 0.5) is 15.8 Å². The normalized spacial score (nSPS) is 18.6. The zero-order valence-corrected chi connectivity index (χ0v) is 12.1. The predicted molar refractivity (Wildman–Crippen MR) is 82.3 cm³/mol. The van der Waals surface area contributed by atoms with E-state index >= 15 is 0 Å². The molecule has 1 fully saturated rings. The van der Waals surface area contributed by atoms with Gasteiger partial charge in [0.15, 0.2) is 0 Å². The minimum absolute atomic E-state index is 0.333. The number of carbonyl (C=O) groups is 1. The van der Waals surface area contributed by atoms with Crippen LogP contribution in [0.2, 0.25) is 0 Å². The third-order valence-corrected chi connectivity index (χ3v) is 3.86. The highest BCUT2D eigenvalue weighted by Crippen LogP contribution is 2.43. The molecule has 23 heavy (non-hydrogen) atoms. The van der Waals surface area contributed by atoms with Gasteiger partial charge in [-0.2, -0.15) is 0 Å². The molecule has 1 saturated heterocycles. The molecule has 0 aromatic heterocycles. The van der Waals surface area contributed by atoms with E-state index in [0.717, 1.165) is 0 Å². The average Bonchev–Trinajstić information content (AvgIpc) is 3.15. The second kappa shape index (κ2) is 5.26. The Morgan fingerprint density at radius 1 is 1.17 bits per heavy atom. The van der Waals surface area contributed by atoms with Crippen LogP contribution in [0.5, 0.6) is 0 Å². The van der Waals surface area contributed by atoms with Gasteiger partial charge in [0.1, 0.15) is 5.82 Å². The summed E-state index contributed by atoms with van der Waals surface area (Å²) in [6, 6.07) is 11.6. The van der Waals surface area contributed by atoms with Gasteiger partial charge in [-0.3, -0.25) is 9.79 Å². The molecule has 0 radical (unpaired) electrons. The molecule has 2 aromatic rings. The molecule has 1 spiro atoms. The van der Waals surface area contributed by atoms with Crippen LogP contribution in [-0.2, 0) is 20.1 Å². The maximum Gasteiger partial charge on any atom is 0.289 e. The van der Waals surface area contributed by atoms with Crippen molar-refractivity contribution in [3.05, 3.63) is 59.4 Å². The van der Waals surface area contributed by atoms with Gasteiger partial charge < -0.3 is 14.8 Å². The SMILES string of the molecule is O=C1Nc2ccc(N=Cc3ccccc3F)cc2C12OCCO2. The maximum absolute atomic E-state index is 13.6. The van der Waals surface area contributed by atoms with Crippen LogP contribution in [0.15, 0.2) is 47.5 Å². The Labute approximate surface area is 131 Å². The summed E-state index contributed by atoms with van der Waals surface area (Å²) in [5.74, 6) is -2.05. The lowest BCUT2D eigenvalue weighted by Gasteiger charge is -2.19. The first-order valence-corrected chi connectivity index (χ1v) is 7.21. The minimum Gasteiger partial charge on any atom is -0.336 e. The fourth-order valence-electron chi connectivity index (χ4n) is 2.74. The number of nitrogens with zero attached hydrogens (tertiary/aromatic N) is 1. The maximum atomic E-state index is 13.6. The molecule has 2 heterocycles. The zero-order chi connectivity index (χ0) is 15.9. The first-order valence-electron chi connectivity index (χ1n) is 7.21. The van der Waals surface area contributed by atoms with Crippen LogP contribution < -0.4 is 5.32 Å². The van der Waals surface area contributed by atoms with Gasteiger partial charge in [0.05, 0.1) is 24.6 Å². The number of rotatable bonds is 2. The van der Waals surface area contributed by atoms with Crippen molar-refractivity contribution in [3.8, 4) is 0 Å². The summed E-state index contributed by atoms with van der Waals surface area (Å²) >= 11 is 0. The van der Waals surface area contributed by atoms with Crippen LogP contribution in [0.1, 0.15) is 11.1 Å². The zero-order valence-electron chi connectivity index (χ0n) is 12.1. The number of fused-ring (bicyclic) bond motifs is 2. The Bertz CT molecular complexity index is 813. The quantitative estimate of drug-likeness (QED) is 0.867. The van der Waals surface area contributed by atoms with Crippen molar-refractivity contribution in [2.45, 2.75) is 5.79 Å². The van der Waals surface area contributed by atoms with E-state index in [1.54, 1.807) is 36.4 Å². The molecule has 116 valence electrons. The summed E-state index contributed by atoms with van der Waals surface area (Å²) in [6.45, 7) is 0.713. The highest BCUT2D eigenvalue weighted by molar-refractivity contribution is 6.04. The lowest BCUT2D eigenvalue weighted by atomic mass is 10.1. The lowest BCUT2D eigenvalue weighted by Crippen LogP contribution is -2.35. The van der Waals surface area contributed by atoms with Crippen molar-refractivity contribution >= 4 is 23.5 Å². The Kier molecular flexibility index (Phi) is 3.21. The molecule has 2 aromatic carbocycles. The second-order valence-electron chi connectivity index (χ2n) is 5.28. The fourth-order valence-corrected chi connectivity index (χ4v) is 2.74. The topological polar surface area (TPSA) is 59.9 Å². The van der Waals surface area contributed by atoms with E-state index < -0.39 is 5.79 Å². The molecule has 1 amide bonds. The standard InChI is InChI=1S/C17H13FN2O3/c18-14-4-2-1-3-11(14)10-19-12-5-6-15-13(9-12)17(16(21)20-15)22-7-8-23-17/h1-6,9-10H,7-8H2,(H,20,21). The fraction of sp³-hybridized carbons (Fsp3) is 0.176. The summed E-state index contributed by atoms with van der Waals surface area (Å²) < 4.78 is 24.7. The number of anilines is 1. The molecule has 0 bridgehead atoms. The van der Waals surface area contributed by atoms with E-state index in [0.29, 0.717) is 35.7 Å². The van der Waals surface area contributed by atoms with E-state index in [2.05, 4.69) is 10.3 Å². The second-order valence-corrected chi connectivity index (χ2v) is 5.28. The van der Waals surface area contributed by atoms with Crippen LogP contribution in [0, 0.1) is 5.82 Å². The molecule has 2 aliphatic rings. The number of carbonyl (C=O) groups excluding carboxylic acids is 1. The molecule has 6 heteroatoms. The summed E-state index contributed by atoms with van der Waals surface area (Å²) in [4.78, 5) is 16.4. The van der Waals surface area contributed by atoms with Gasteiger partial charge in [-0.15, -0.1) is 0 Å². The Hall–Kier alpha value is -2.57. The summed E-state index contributed by atoms with van der Waals surface area (Å²) in [5.41, 5.74) is 2.22. The van der Waals surface area contributed by atoms with Crippen molar-refractivity contribution in [2.24, 2.45) is 4.99 Å². The highest BCUT2D eigenvalue weighted by Gasteiger charge is 2.52. The van der Waals surface area contributed by atoms with Gasteiger partial charge in [0, 0.05) is 17.3 Å². The molecular weight excluding hydrogens is 299 g/mol. The smallest absolute Gasteiger partial charge is 0.289 e. The molecule has 0 unspecified atom stereocenters. The van der Waals surface area contributed by atoms with Gasteiger partial charge >= 0.3 is 0 Å². The van der Waals surface area contributed by atoms with E-state index in [4.69, 9.17) is 9.47 Å². The van der Waals surface area contributed by atoms with Crippen molar-refractivity contribution in [1.82, 2.24) is 0 Å². The number of aliphatic imine (C=N–C) groups is 1. The summed E-state index contributed by atoms with van der Waals surface area (Å²) in [7, 11) is 0. The monoisotopic (exact) mass is 312 g/mol. The summed E-state index contributed by atoms with van der Waals surface area (Å²) in [5, 5.41) is 2.74. The molecule has 0 atom stereocenters. The average molecular weight is 312 g/mol. The van der Waals surface area contributed by atoms with Crippen molar-refractivity contribution in [2.75, 3.05) is 18.5 Å². The van der Waals surface area contributed by atoms with E-state index in [9.17, 15) is 9.18 Å². The highest BCUT2D eigenvalue weighted by atomic mass is 19.1. The molecule has 0 aliphatic carbocycles. The molecular formula is C17H13FN2O3. The minimum atomic E-state index is -1.38. The molecule has 4 rings (SSSR count). The van der Waals surface area contributed by atoms with Crippen molar-refractivity contribution in [1.29, 1.82) is 0 Å². The number of benzene rings is 2. The molecule has 2 aliphatic heterocycles. The largest absolute Gasteiger partial charge is 0.336 e. The van der Waals surface area contributed by atoms with Gasteiger partial charge in [-0.1, -0.05) is 18.2 Å². The number of amides is 1. The van der Waals surface area contributed by atoms with Crippen LogP contribution in [0.3, 0.4) is 0 Å². The van der Waals surface area contributed by atoms with E-state index in [1.807, 2.05) is 0 Å². The third kappa shape index (κ3) is 2.23. The number of ether oxygens (including phenoxy) is 2. The number of hydrogen-bond donors (Lipinski definition) is 1. The first kappa shape index (κ1) is 14.0. The van der Waals surface area contributed by atoms with Gasteiger partial charge in [0.25, 0.3) is 11.7 Å². The van der Waals surface area contributed by atoms with Crippen molar-refractivity contribution in [3.63, 3.8) is 0 Å². The molecule has 0 saturated carbocycles. The molecule has 5 nitrogen and oxygen atoms in total. The van der Waals surface area contributed by atoms with E-state index in [-0.39, 0.29) is 11.7 Å². The molecule has 1 N–H and O–H groups in total. The lowest BCUT2D eigenvalue weighted by molar-refractivity contribution is -0.178. The van der Waals surface area contributed by atoms with E-state index in [1.165, 1.54) is 12.3 Å². The van der Waals surface area contributed by atoms with Gasteiger partial charge in [-0.05, 0) is 24.3 Å². The van der Waals surface area contributed by atoms with Crippen LogP contribution in [0.25, 0.3) is 0 Å². The Morgan fingerprint density at radius 3 is 2.74 bits per heavy atom. The van der Waals surface area contributed by atoms with Crippen molar-refractivity contribution < 1.29 is 18.7 Å². The van der Waals surface area contributed by atoms with Crippen LogP contribution in [-0.4, -0.2) is 25.3 Å². The predicted octanol–water partition coefficient (Wildman–Crippen LogP) is 2.73. The number of nitrogens with one attached hydrogen (secondary N) is 1. The Balaban J connectivity index is 1.70. The third-order valence-electron chi connectivity index (χ3n) is 3.86. The van der Waals surface area contributed by atoms with Gasteiger partial charge in [-0.25, -0.2) is 4.39 Å².